The van der Waals surface area contributed by atoms with E-state index >= 15 is 0 Å². The Balaban J connectivity index is 1.41. The second kappa shape index (κ2) is 8.51. The highest BCUT2D eigenvalue weighted by molar-refractivity contribution is 6.08. The van der Waals surface area contributed by atoms with Crippen molar-refractivity contribution in [3.8, 4) is 17.4 Å². The lowest BCUT2D eigenvalue weighted by molar-refractivity contribution is -0.133. The summed E-state index contributed by atoms with van der Waals surface area (Å²) in [4.78, 5) is 44.9. The van der Waals surface area contributed by atoms with E-state index in [1.165, 1.54) is 13.4 Å². The molecule has 1 saturated heterocycles. The van der Waals surface area contributed by atoms with Gasteiger partial charge in [-0.2, -0.15) is 0 Å². The molecule has 1 aliphatic heterocycles. The average Bonchev–Trinajstić information content (AvgIpc) is 3.59. The van der Waals surface area contributed by atoms with E-state index in [0.717, 1.165) is 5.56 Å². The van der Waals surface area contributed by atoms with Crippen molar-refractivity contribution in [2.75, 3.05) is 20.3 Å². The van der Waals surface area contributed by atoms with Crippen molar-refractivity contribution in [2.45, 2.75) is 18.4 Å². The molecule has 1 atom stereocenters. The Labute approximate surface area is 199 Å². The Morgan fingerprint density at radius 2 is 1.80 bits per heavy atom. The zero-order valence-electron chi connectivity index (χ0n) is 18.8. The molecule has 0 radical (unpaired) electrons. The highest BCUT2D eigenvalue weighted by Crippen LogP contribution is 2.59. The van der Waals surface area contributed by atoms with Gasteiger partial charge in [-0.25, -0.2) is 9.97 Å². The van der Waals surface area contributed by atoms with Gasteiger partial charge in [0, 0.05) is 12.0 Å². The third-order valence-corrected chi connectivity index (χ3v) is 6.48. The van der Waals surface area contributed by atoms with Gasteiger partial charge in [0.1, 0.15) is 23.2 Å². The van der Waals surface area contributed by atoms with Crippen molar-refractivity contribution < 1.29 is 28.6 Å². The monoisotopic (exact) mass is 477 g/mol. The Kier molecular flexibility index (Phi) is 5.48. The van der Waals surface area contributed by atoms with E-state index in [2.05, 4.69) is 15.3 Å². The number of nitrogens with one attached hydrogen (secondary N) is 1. The molecule has 11 heteroatoms. The quantitative estimate of drug-likeness (QED) is 0.404. The molecule has 3 amide bonds. The summed E-state index contributed by atoms with van der Waals surface area (Å²) in [5.74, 6) is -1.01. The van der Waals surface area contributed by atoms with Crippen LogP contribution in [0.1, 0.15) is 28.3 Å². The lowest BCUT2D eigenvalue weighted by atomic mass is 9.97. The molecule has 0 bridgehead atoms. The minimum absolute atomic E-state index is 0.0431. The number of ether oxygens (including phenoxy) is 3. The van der Waals surface area contributed by atoms with Crippen LogP contribution in [-0.2, 0) is 14.3 Å². The van der Waals surface area contributed by atoms with Crippen LogP contribution in [0.25, 0.3) is 10.9 Å². The minimum atomic E-state index is -1.34. The SMILES string of the molecule is COc1cc2ncnc(Oc3ccc(C4CC4(C(N)=O)C(N)=O)cc3)c2cc1C(=O)NC1COC1. The molecule has 35 heavy (non-hydrogen) atoms. The minimum Gasteiger partial charge on any atom is -0.496 e. The summed E-state index contributed by atoms with van der Waals surface area (Å²) in [5, 5.41) is 3.42. The maximum atomic E-state index is 12.8. The molecule has 1 saturated carbocycles. The molecule has 3 aromatic rings. The Bertz CT molecular complexity index is 1320. The Morgan fingerprint density at radius 1 is 1.09 bits per heavy atom. The Hall–Kier alpha value is -4.25. The highest BCUT2D eigenvalue weighted by atomic mass is 16.5. The van der Waals surface area contributed by atoms with Gasteiger partial charge in [-0.05, 0) is 30.2 Å². The van der Waals surface area contributed by atoms with Gasteiger partial charge in [-0.15, -0.1) is 0 Å². The number of hydrogen-bond donors (Lipinski definition) is 3. The predicted octanol–water partition coefficient (Wildman–Crippen LogP) is 1.00. The molecule has 2 aliphatic rings. The third-order valence-electron chi connectivity index (χ3n) is 6.48. The maximum absolute atomic E-state index is 12.8. The Morgan fingerprint density at radius 3 is 2.37 bits per heavy atom. The fourth-order valence-corrected chi connectivity index (χ4v) is 4.28. The van der Waals surface area contributed by atoms with Gasteiger partial charge >= 0.3 is 0 Å². The second-order valence-electron chi connectivity index (χ2n) is 8.58. The first-order valence-electron chi connectivity index (χ1n) is 10.9. The summed E-state index contributed by atoms with van der Waals surface area (Å²) in [6.45, 7) is 0.936. The number of fused-ring (bicyclic) bond motifs is 1. The number of carbonyl (C=O) groups is 3. The number of nitrogens with zero attached hydrogens (tertiary/aromatic N) is 2. The summed E-state index contributed by atoms with van der Waals surface area (Å²) >= 11 is 0. The van der Waals surface area contributed by atoms with Crippen LogP contribution in [-0.4, -0.2) is 54.1 Å². The predicted molar refractivity (Wildman–Crippen MR) is 123 cm³/mol. The van der Waals surface area contributed by atoms with Crippen LogP contribution in [0.5, 0.6) is 17.4 Å². The molecule has 2 heterocycles. The van der Waals surface area contributed by atoms with E-state index in [0.29, 0.717) is 41.2 Å². The molecule has 5 rings (SSSR count). The van der Waals surface area contributed by atoms with Crippen molar-refractivity contribution in [3.05, 3.63) is 53.9 Å². The highest BCUT2D eigenvalue weighted by Gasteiger charge is 2.64. The van der Waals surface area contributed by atoms with E-state index in [-0.39, 0.29) is 30.2 Å². The van der Waals surface area contributed by atoms with E-state index in [9.17, 15) is 14.4 Å². The van der Waals surface area contributed by atoms with E-state index in [1.54, 1.807) is 36.4 Å². The molecule has 5 N–H and O–H groups in total. The van der Waals surface area contributed by atoms with Crippen molar-refractivity contribution in [2.24, 2.45) is 16.9 Å². The number of carbonyl (C=O) groups excluding carboxylic acids is 3. The first-order valence-corrected chi connectivity index (χ1v) is 10.9. The van der Waals surface area contributed by atoms with Crippen LogP contribution < -0.4 is 26.3 Å². The van der Waals surface area contributed by atoms with E-state index in [4.69, 9.17) is 25.7 Å². The molecule has 2 aromatic carbocycles. The molecule has 11 nitrogen and oxygen atoms in total. The lowest BCUT2D eigenvalue weighted by Crippen LogP contribution is -2.48. The largest absolute Gasteiger partial charge is 0.496 e. The first-order chi connectivity index (χ1) is 16.8. The molecule has 180 valence electrons. The smallest absolute Gasteiger partial charge is 0.255 e. The number of benzene rings is 2. The number of aromatic nitrogens is 2. The maximum Gasteiger partial charge on any atom is 0.255 e. The van der Waals surface area contributed by atoms with Crippen LogP contribution >= 0.6 is 0 Å². The topological polar surface area (TPSA) is 169 Å². The average molecular weight is 477 g/mol. The molecular weight excluding hydrogens is 454 g/mol. The molecule has 1 unspecified atom stereocenters. The summed E-state index contributed by atoms with van der Waals surface area (Å²) < 4.78 is 16.5. The van der Waals surface area contributed by atoms with Gasteiger partial charge < -0.3 is 31.0 Å². The van der Waals surface area contributed by atoms with Gasteiger partial charge in [0.15, 0.2) is 0 Å². The number of rotatable bonds is 8. The normalized spacial score (nSPS) is 18.4. The lowest BCUT2D eigenvalue weighted by Gasteiger charge is -2.27. The van der Waals surface area contributed by atoms with Crippen LogP contribution in [0.3, 0.4) is 0 Å². The van der Waals surface area contributed by atoms with Gasteiger partial charge in [-0.3, -0.25) is 14.4 Å². The van der Waals surface area contributed by atoms with Gasteiger partial charge in [0.25, 0.3) is 5.91 Å². The second-order valence-corrected chi connectivity index (χ2v) is 8.58. The van der Waals surface area contributed by atoms with E-state index in [1.807, 2.05) is 0 Å². The molecule has 0 spiro atoms. The molecular formula is C24H23N5O6. The zero-order valence-corrected chi connectivity index (χ0v) is 18.8. The van der Waals surface area contributed by atoms with Crippen LogP contribution in [0.4, 0.5) is 0 Å². The first kappa shape index (κ1) is 22.5. The summed E-state index contributed by atoms with van der Waals surface area (Å²) in [5.41, 5.74) is 11.1. The van der Waals surface area contributed by atoms with Gasteiger partial charge in [-0.1, -0.05) is 12.1 Å². The number of nitrogens with two attached hydrogens (primary N) is 2. The fourth-order valence-electron chi connectivity index (χ4n) is 4.28. The van der Waals surface area contributed by atoms with Crippen molar-refractivity contribution in [1.29, 1.82) is 0 Å². The fraction of sp³-hybridized carbons (Fsp3) is 0.292. The summed E-state index contributed by atoms with van der Waals surface area (Å²) in [6.07, 6.45) is 1.64. The van der Waals surface area contributed by atoms with Crippen molar-refractivity contribution >= 4 is 28.6 Å². The van der Waals surface area contributed by atoms with E-state index < -0.39 is 17.2 Å². The summed E-state index contributed by atoms with van der Waals surface area (Å²) in [7, 11) is 1.48. The zero-order chi connectivity index (χ0) is 24.7. The van der Waals surface area contributed by atoms with Crippen molar-refractivity contribution in [1.82, 2.24) is 15.3 Å². The summed E-state index contributed by atoms with van der Waals surface area (Å²) in [6, 6.07) is 10.1. The van der Waals surface area contributed by atoms with Gasteiger partial charge in [0.05, 0.1) is 42.8 Å². The van der Waals surface area contributed by atoms with Crippen LogP contribution in [0.15, 0.2) is 42.7 Å². The number of methoxy groups -OCH3 is 1. The standard InChI is InChI=1S/C24H23N5O6/c1-33-19-7-18-15(6-16(19)20(30)29-13-9-34-10-13)21(28-11-27-18)35-14-4-2-12(3-5-14)17-8-24(17,22(25)31)23(26)32/h2-7,11,13,17H,8-10H2,1H3,(H2,25,31)(H2,26,32)(H,29,30). The van der Waals surface area contributed by atoms with Crippen LogP contribution in [0, 0.1) is 5.41 Å². The van der Waals surface area contributed by atoms with Gasteiger partial charge in [0.2, 0.25) is 17.7 Å². The number of amides is 3. The molecule has 1 aliphatic carbocycles. The number of primary amides is 2. The number of hydrogen-bond acceptors (Lipinski definition) is 8. The molecule has 2 fully saturated rings. The van der Waals surface area contributed by atoms with Crippen LogP contribution in [0.2, 0.25) is 0 Å². The molecule has 1 aromatic heterocycles. The third kappa shape index (κ3) is 3.89. The van der Waals surface area contributed by atoms with Crippen molar-refractivity contribution in [3.63, 3.8) is 0 Å².